The predicted octanol–water partition coefficient (Wildman–Crippen LogP) is 1.44. The van der Waals surface area contributed by atoms with Gasteiger partial charge in [0, 0.05) is 18.6 Å². The molecule has 7 heteroatoms. The van der Waals surface area contributed by atoms with E-state index in [2.05, 4.69) is 15.1 Å². The Bertz CT molecular complexity index is 794. The van der Waals surface area contributed by atoms with Crippen LogP contribution < -0.4 is 10.5 Å². The summed E-state index contributed by atoms with van der Waals surface area (Å²) in [4.78, 5) is 8.28. The van der Waals surface area contributed by atoms with Gasteiger partial charge in [0.1, 0.15) is 12.2 Å². The quantitative estimate of drug-likeness (QED) is 0.552. The van der Waals surface area contributed by atoms with Gasteiger partial charge in [-0.15, -0.1) is 5.10 Å². The highest BCUT2D eigenvalue weighted by Gasteiger charge is 2.15. The molecule has 0 aliphatic heterocycles. The van der Waals surface area contributed by atoms with E-state index in [0.717, 1.165) is 10.9 Å². The number of ether oxygens (including phenoxy) is 1. The van der Waals surface area contributed by atoms with Crippen LogP contribution in [-0.4, -0.2) is 25.6 Å². The highest BCUT2D eigenvalue weighted by atomic mass is 16.5. The number of amidine groups is 1. The van der Waals surface area contributed by atoms with Crippen LogP contribution in [0.25, 0.3) is 10.9 Å². The van der Waals surface area contributed by atoms with Crippen molar-refractivity contribution < 1.29 is 4.74 Å². The zero-order valence-corrected chi connectivity index (χ0v) is 10.7. The molecule has 0 aliphatic rings. The number of fused-ring (bicyclic) bond motifs is 1. The van der Waals surface area contributed by atoms with Crippen molar-refractivity contribution in [1.82, 2.24) is 19.7 Å². The number of hydrogen-bond donors (Lipinski definition) is 2. The Morgan fingerprint density at radius 2 is 2.10 bits per heavy atom. The number of nitrogens with one attached hydrogen (secondary N) is 1. The number of para-hydroxylation sites is 1. The second kappa shape index (κ2) is 4.61. The zero-order chi connectivity index (χ0) is 14.1. The minimum absolute atomic E-state index is 0.116. The molecule has 3 rings (SSSR count). The monoisotopic (exact) mass is 268 g/mol. The largest absolute Gasteiger partial charge is 0.422 e. The van der Waals surface area contributed by atoms with E-state index in [4.69, 9.17) is 15.9 Å². The third-order valence-corrected chi connectivity index (χ3v) is 2.79. The maximum Gasteiger partial charge on any atom is 0.341 e. The molecular formula is C13H12N6O. The lowest BCUT2D eigenvalue weighted by molar-refractivity contribution is 0.442. The molecule has 0 amide bonds. The van der Waals surface area contributed by atoms with Gasteiger partial charge in [-0.25, -0.2) is 0 Å². The lowest BCUT2D eigenvalue weighted by atomic mass is 10.1. The van der Waals surface area contributed by atoms with E-state index < -0.39 is 0 Å². The molecule has 3 N–H and O–H groups in total. The molecule has 2 aromatic heterocycles. The summed E-state index contributed by atoms with van der Waals surface area (Å²) in [6, 6.07) is 7.66. The Morgan fingerprint density at radius 1 is 1.30 bits per heavy atom. The van der Waals surface area contributed by atoms with Gasteiger partial charge >= 0.3 is 6.01 Å². The van der Waals surface area contributed by atoms with Crippen LogP contribution >= 0.6 is 0 Å². The van der Waals surface area contributed by atoms with Gasteiger partial charge < -0.3 is 10.5 Å². The lowest BCUT2D eigenvalue weighted by Gasteiger charge is -2.10. The van der Waals surface area contributed by atoms with Crippen molar-refractivity contribution in [2.45, 2.75) is 0 Å². The van der Waals surface area contributed by atoms with E-state index in [1.165, 1.54) is 17.2 Å². The van der Waals surface area contributed by atoms with E-state index in [9.17, 15) is 0 Å². The predicted molar refractivity (Wildman–Crippen MR) is 73.8 cm³/mol. The Hall–Kier alpha value is -2.96. The van der Waals surface area contributed by atoms with E-state index in [0.29, 0.717) is 11.3 Å². The van der Waals surface area contributed by atoms with Crippen LogP contribution in [0.4, 0.5) is 0 Å². The summed E-state index contributed by atoms with van der Waals surface area (Å²) in [5.41, 5.74) is 6.75. The zero-order valence-electron chi connectivity index (χ0n) is 10.7. The lowest BCUT2D eigenvalue weighted by Crippen LogP contribution is -2.13. The van der Waals surface area contributed by atoms with E-state index >= 15 is 0 Å². The molecule has 0 aliphatic carbocycles. The fourth-order valence-electron chi connectivity index (χ4n) is 1.88. The first-order chi connectivity index (χ1) is 9.65. The number of nitrogens with two attached hydrogens (primary N) is 1. The Labute approximate surface area is 114 Å². The number of pyridine rings is 1. The van der Waals surface area contributed by atoms with Crippen molar-refractivity contribution in [3.8, 4) is 11.8 Å². The summed E-state index contributed by atoms with van der Waals surface area (Å²) in [6.45, 7) is 0. The molecule has 0 spiro atoms. The average molecular weight is 268 g/mol. The molecule has 0 saturated carbocycles. The van der Waals surface area contributed by atoms with Gasteiger partial charge in [-0.3, -0.25) is 15.1 Å². The normalized spacial score (nSPS) is 10.7. The Kier molecular flexibility index (Phi) is 2.79. The Balaban J connectivity index is 2.19. The van der Waals surface area contributed by atoms with Crippen LogP contribution in [0.5, 0.6) is 11.8 Å². The van der Waals surface area contributed by atoms with E-state index in [1.54, 1.807) is 7.05 Å². The SMILES string of the molecule is Cn1cnc(Oc2c(C(=N)N)cnc3ccccc23)n1. The Morgan fingerprint density at radius 3 is 2.80 bits per heavy atom. The fraction of sp³-hybridized carbons (Fsp3) is 0.0769. The number of nitrogens with zero attached hydrogens (tertiary/aromatic N) is 4. The van der Waals surface area contributed by atoms with Gasteiger partial charge in [0.05, 0.1) is 11.1 Å². The molecule has 1 aromatic carbocycles. The summed E-state index contributed by atoms with van der Waals surface area (Å²) < 4.78 is 7.23. The third-order valence-electron chi connectivity index (χ3n) is 2.79. The maximum absolute atomic E-state index is 7.63. The summed E-state index contributed by atoms with van der Waals surface area (Å²) in [5, 5.41) is 12.5. The van der Waals surface area contributed by atoms with Gasteiger partial charge in [-0.1, -0.05) is 12.1 Å². The van der Waals surface area contributed by atoms with Crippen molar-refractivity contribution in [3.05, 3.63) is 42.4 Å². The van der Waals surface area contributed by atoms with Crippen molar-refractivity contribution in [2.75, 3.05) is 0 Å². The van der Waals surface area contributed by atoms with Gasteiger partial charge in [0.2, 0.25) is 0 Å². The van der Waals surface area contributed by atoms with Gasteiger partial charge in [-0.2, -0.15) is 4.98 Å². The molecule has 2 heterocycles. The number of rotatable bonds is 3. The maximum atomic E-state index is 7.63. The second-order valence-electron chi connectivity index (χ2n) is 4.23. The minimum atomic E-state index is -0.116. The van der Waals surface area contributed by atoms with Crippen molar-refractivity contribution in [1.29, 1.82) is 5.41 Å². The van der Waals surface area contributed by atoms with Crippen LogP contribution in [0, 0.1) is 5.41 Å². The van der Waals surface area contributed by atoms with Crippen molar-refractivity contribution in [3.63, 3.8) is 0 Å². The standard InChI is InChI=1S/C13H12N6O/c1-19-7-17-13(18-19)20-11-8-4-2-3-5-10(8)16-6-9(11)12(14)15/h2-7H,1H3,(H3,14,15). The minimum Gasteiger partial charge on any atom is -0.422 e. The molecule has 0 radical (unpaired) electrons. The van der Waals surface area contributed by atoms with Gasteiger partial charge in [0.25, 0.3) is 0 Å². The van der Waals surface area contributed by atoms with Crippen molar-refractivity contribution in [2.24, 2.45) is 12.8 Å². The summed E-state index contributed by atoms with van der Waals surface area (Å²) >= 11 is 0. The molecular weight excluding hydrogens is 256 g/mol. The van der Waals surface area contributed by atoms with E-state index in [-0.39, 0.29) is 11.8 Å². The smallest absolute Gasteiger partial charge is 0.341 e. The highest BCUT2D eigenvalue weighted by Crippen LogP contribution is 2.30. The molecule has 0 fully saturated rings. The average Bonchev–Trinajstić information content (AvgIpc) is 2.84. The number of aryl methyl sites for hydroxylation is 1. The van der Waals surface area contributed by atoms with Crippen LogP contribution in [-0.2, 0) is 7.05 Å². The molecule has 0 saturated heterocycles. The molecule has 3 aromatic rings. The first-order valence-corrected chi connectivity index (χ1v) is 5.91. The van der Waals surface area contributed by atoms with Crippen LogP contribution in [0.1, 0.15) is 5.56 Å². The second-order valence-corrected chi connectivity index (χ2v) is 4.23. The first kappa shape index (κ1) is 12.1. The van der Waals surface area contributed by atoms with Gasteiger partial charge in [-0.05, 0) is 12.1 Å². The number of nitrogen functional groups attached to an aromatic ring is 1. The van der Waals surface area contributed by atoms with Crippen LogP contribution in [0.3, 0.4) is 0 Å². The highest BCUT2D eigenvalue weighted by molar-refractivity contribution is 6.03. The van der Waals surface area contributed by atoms with Crippen LogP contribution in [0.2, 0.25) is 0 Å². The summed E-state index contributed by atoms with van der Waals surface area (Å²) in [6.07, 6.45) is 3.05. The topological polar surface area (TPSA) is 103 Å². The summed E-state index contributed by atoms with van der Waals surface area (Å²) in [7, 11) is 1.75. The number of benzene rings is 1. The molecule has 100 valence electrons. The van der Waals surface area contributed by atoms with Crippen molar-refractivity contribution >= 4 is 16.7 Å². The molecule has 7 nitrogen and oxygen atoms in total. The third kappa shape index (κ3) is 2.05. The number of aromatic nitrogens is 4. The molecule has 0 bridgehead atoms. The fourth-order valence-corrected chi connectivity index (χ4v) is 1.88. The summed E-state index contributed by atoms with van der Waals surface area (Å²) in [5.74, 6) is 0.323. The number of hydrogen-bond acceptors (Lipinski definition) is 5. The van der Waals surface area contributed by atoms with E-state index in [1.807, 2.05) is 24.3 Å². The first-order valence-electron chi connectivity index (χ1n) is 5.91. The van der Waals surface area contributed by atoms with Gasteiger partial charge in [0.15, 0.2) is 5.75 Å². The molecule has 20 heavy (non-hydrogen) atoms. The molecule has 0 atom stereocenters. The molecule has 0 unspecified atom stereocenters. The van der Waals surface area contributed by atoms with Crippen LogP contribution in [0.15, 0.2) is 36.8 Å².